The quantitative estimate of drug-likeness (QED) is 0.608. The summed E-state index contributed by atoms with van der Waals surface area (Å²) in [6.07, 6.45) is 2.28. The Morgan fingerprint density at radius 1 is 0.957 bits per heavy atom. The van der Waals surface area contributed by atoms with E-state index in [4.69, 9.17) is 5.26 Å². The van der Waals surface area contributed by atoms with Crippen molar-refractivity contribution < 1.29 is 8.78 Å². The van der Waals surface area contributed by atoms with Gasteiger partial charge in [0.25, 0.3) is 0 Å². The second kappa shape index (κ2) is 7.60. The molecule has 0 spiro atoms. The molecule has 0 aliphatic heterocycles. The minimum atomic E-state index is -0.568. The summed E-state index contributed by atoms with van der Waals surface area (Å²) in [5.74, 6) is 8.92. The van der Waals surface area contributed by atoms with E-state index in [9.17, 15) is 8.78 Å². The Balaban J connectivity index is 2.27. The summed E-state index contributed by atoms with van der Waals surface area (Å²) < 4.78 is 27.7. The monoisotopic (exact) mass is 303 g/mol. The zero-order valence-corrected chi connectivity index (χ0v) is 12.2. The molecule has 0 amide bonds. The molecular formula is C20H11F2N. The fourth-order valence-electron chi connectivity index (χ4n) is 1.88. The average molecular weight is 303 g/mol. The van der Waals surface area contributed by atoms with Crippen molar-refractivity contribution in [2.75, 3.05) is 0 Å². The van der Waals surface area contributed by atoms with Crippen LogP contribution in [0.5, 0.6) is 0 Å². The Labute approximate surface area is 133 Å². The lowest BCUT2D eigenvalue weighted by molar-refractivity contribution is 0.622. The smallest absolute Gasteiger partial charge is 0.152 e. The van der Waals surface area contributed by atoms with E-state index in [1.165, 1.54) is 18.2 Å². The SMILES string of the molecule is C=CCc1ccc(C#Cc2ccc(C#CC#N)c(F)c2)c(F)c1. The van der Waals surface area contributed by atoms with Crippen molar-refractivity contribution in [3.05, 3.63) is 82.9 Å². The third-order valence-corrected chi connectivity index (χ3v) is 2.98. The van der Waals surface area contributed by atoms with Gasteiger partial charge in [0.15, 0.2) is 6.07 Å². The maximum Gasteiger partial charge on any atom is 0.152 e. The van der Waals surface area contributed by atoms with Gasteiger partial charge in [-0.15, -0.1) is 6.58 Å². The summed E-state index contributed by atoms with van der Waals surface area (Å²) in [5.41, 5.74) is 1.58. The first kappa shape index (κ1) is 16.0. The summed E-state index contributed by atoms with van der Waals surface area (Å²) in [5, 5.41) is 8.35. The van der Waals surface area contributed by atoms with Gasteiger partial charge in [0.1, 0.15) is 11.6 Å². The molecule has 0 bridgehead atoms. The van der Waals surface area contributed by atoms with Crippen molar-refractivity contribution in [1.82, 2.24) is 0 Å². The summed E-state index contributed by atoms with van der Waals surface area (Å²) in [7, 11) is 0. The van der Waals surface area contributed by atoms with Crippen LogP contribution in [0.25, 0.3) is 0 Å². The highest BCUT2D eigenvalue weighted by Gasteiger charge is 2.02. The lowest BCUT2D eigenvalue weighted by Crippen LogP contribution is -1.89. The van der Waals surface area contributed by atoms with Crippen LogP contribution in [-0.4, -0.2) is 0 Å². The first-order valence-corrected chi connectivity index (χ1v) is 6.75. The molecule has 0 heterocycles. The Morgan fingerprint density at radius 3 is 2.30 bits per heavy atom. The number of nitriles is 1. The molecule has 0 saturated heterocycles. The largest absolute Gasteiger partial charge is 0.206 e. The minimum absolute atomic E-state index is 0.122. The normalized spacial score (nSPS) is 8.91. The van der Waals surface area contributed by atoms with Crippen LogP contribution in [0.1, 0.15) is 22.3 Å². The van der Waals surface area contributed by atoms with Gasteiger partial charge in [-0.3, -0.25) is 0 Å². The van der Waals surface area contributed by atoms with E-state index in [2.05, 4.69) is 30.3 Å². The van der Waals surface area contributed by atoms with Crippen molar-refractivity contribution in [3.63, 3.8) is 0 Å². The van der Waals surface area contributed by atoms with Crippen LogP contribution in [0.2, 0.25) is 0 Å². The molecule has 3 heteroatoms. The summed E-state index contributed by atoms with van der Waals surface area (Å²) in [6, 6.07) is 10.6. The molecule has 2 aromatic rings. The molecule has 2 rings (SSSR count). The first-order valence-electron chi connectivity index (χ1n) is 6.75. The van der Waals surface area contributed by atoms with Crippen molar-refractivity contribution >= 4 is 0 Å². The van der Waals surface area contributed by atoms with Crippen molar-refractivity contribution in [2.24, 2.45) is 0 Å². The van der Waals surface area contributed by atoms with Crippen LogP contribution in [-0.2, 0) is 6.42 Å². The number of hydrogen-bond acceptors (Lipinski definition) is 1. The number of halogens is 2. The minimum Gasteiger partial charge on any atom is -0.206 e. The van der Waals surface area contributed by atoms with Crippen LogP contribution >= 0.6 is 0 Å². The number of allylic oxidation sites excluding steroid dienone is 1. The molecule has 0 N–H and O–H groups in total. The summed E-state index contributed by atoms with van der Waals surface area (Å²) in [4.78, 5) is 0. The fraction of sp³-hybridized carbons (Fsp3) is 0.0500. The van der Waals surface area contributed by atoms with Crippen molar-refractivity contribution in [2.45, 2.75) is 6.42 Å². The predicted octanol–water partition coefficient (Wildman–Crippen LogP) is 3.97. The summed E-state index contributed by atoms with van der Waals surface area (Å²) in [6.45, 7) is 3.60. The maximum absolute atomic E-state index is 13.9. The lowest BCUT2D eigenvalue weighted by Gasteiger charge is -1.99. The highest BCUT2D eigenvalue weighted by molar-refractivity contribution is 5.48. The van der Waals surface area contributed by atoms with E-state index in [-0.39, 0.29) is 11.1 Å². The molecule has 0 radical (unpaired) electrons. The zero-order valence-electron chi connectivity index (χ0n) is 12.2. The molecule has 1 nitrogen and oxygen atoms in total. The molecule has 0 fully saturated rings. The molecule has 0 aromatic heterocycles. The average Bonchev–Trinajstić information content (AvgIpc) is 2.53. The van der Waals surface area contributed by atoms with E-state index in [0.29, 0.717) is 12.0 Å². The van der Waals surface area contributed by atoms with Crippen LogP contribution in [0.4, 0.5) is 8.78 Å². The van der Waals surface area contributed by atoms with E-state index >= 15 is 0 Å². The predicted molar refractivity (Wildman–Crippen MR) is 85.2 cm³/mol. The maximum atomic E-state index is 13.9. The van der Waals surface area contributed by atoms with Crippen LogP contribution in [0, 0.1) is 46.6 Å². The number of hydrogen-bond donors (Lipinski definition) is 0. The highest BCUT2D eigenvalue weighted by atomic mass is 19.1. The van der Waals surface area contributed by atoms with Crippen molar-refractivity contribution in [1.29, 1.82) is 5.26 Å². The standard InChI is InChI=1S/C20H11F2N/c1-2-4-15-6-10-18(20(22)13-15)11-8-16-7-9-17(5-3-12-23)19(21)14-16/h2,6-7,9-10,13-14H,1,4H2. The van der Waals surface area contributed by atoms with E-state index in [1.807, 2.05) is 0 Å². The number of benzene rings is 2. The number of nitrogens with zero attached hydrogens (tertiary/aromatic N) is 1. The van der Waals surface area contributed by atoms with Crippen LogP contribution in [0.3, 0.4) is 0 Å². The van der Waals surface area contributed by atoms with Gasteiger partial charge in [0.05, 0.1) is 11.1 Å². The molecule has 0 saturated carbocycles. The third kappa shape index (κ3) is 4.31. The Bertz CT molecular complexity index is 913. The molecule has 0 aliphatic carbocycles. The third-order valence-electron chi connectivity index (χ3n) is 2.98. The second-order valence-corrected chi connectivity index (χ2v) is 4.61. The number of rotatable bonds is 2. The molecule has 2 aromatic carbocycles. The van der Waals surface area contributed by atoms with Gasteiger partial charge < -0.3 is 0 Å². The lowest BCUT2D eigenvalue weighted by atomic mass is 10.1. The molecule has 23 heavy (non-hydrogen) atoms. The van der Waals surface area contributed by atoms with Gasteiger partial charge in [0, 0.05) is 11.5 Å². The molecule has 0 unspecified atom stereocenters. The van der Waals surface area contributed by atoms with Gasteiger partial charge in [-0.2, -0.15) is 5.26 Å². The fourth-order valence-corrected chi connectivity index (χ4v) is 1.88. The van der Waals surface area contributed by atoms with Gasteiger partial charge in [0.2, 0.25) is 0 Å². The summed E-state index contributed by atoms with van der Waals surface area (Å²) >= 11 is 0. The molecule has 0 atom stereocenters. The Hall–Kier alpha value is -3.35. The van der Waals surface area contributed by atoms with Crippen molar-refractivity contribution in [3.8, 4) is 29.8 Å². The van der Waals surface area contributed by atoms with E-state index < -0.39 is 11.6 Å². The Kier molecular flexibility index (Phi) is 5.30. The second-order valence-electron chi connectivity index (χ2n) is 4.61. The van der Waals surface area contributed by atoms with E-state index in [1.54, 1.807) is 30.3 Å². The highest BCUT2D eigenvalue weighted by Crippen LogP contribution is 2.12. The first-order chi connectivity index (χ1) is 11.1. The molecular weight excluding hydrogens is 292 g/mol. The van der Waals surface area contributed by atoms with Crippen LogP contribution in [0.15, 0.2) is 49.1 Å². The van der Waals surface area contributed by atoms with Gasteiger partial charge >= 0.3 is 0 Å². The van der Waals surface area contributed by atoms with Gasteiger partial charge in [-0.05, 0) is 48.2 Å². The zero-order chi connectivity index (χ0) is 16.7. The topological polar surface area (TPSA) is 23.8 Å². The Morgan fingerprint density at radius 2 is 1.65 bits per heavy atom. The van der Waals surface area contributed by atoms with Gasteiger partial charge in [-0.25, -0.2) is 8.78 Å². The molecule has 110 valence electrons. The van der Waals surface area contributed by atoms with Crippen LogP contribution < -0.4 is 0 Å². The molecule has 0 aliphatic rings. The van der Waals surface area contributed by atoms with Gasteiger partial charge in [-0.1, -0.05) is 24.0 Å². The van der Waals surface area contributed by atoms with E-state index in [0.717, 1.165) is 5.56 Å².